The molecule has 4 fully saturated rings. The molecule has 3 aromatic carbocycles. The Hall–Kier alpha value is -2.87. The van der Waals surface area contributed by atoms with Gasteiger partial charge in [-0.15, -0.1) is 0 Å². The van der Waals surface area contributed by atoms with E-state index in [0.29, 0.717) is 11.0 Å². The predicted molar refractivity (Wildman–Crippen MR) is 126 cm³/mol. The van der Waals surface area contributed by atoms with E-state index in [4.69, 9.17) is 0 Å². The van der Waals surface area contributed by atoms with Crippen LogP contribution in [0.1, 0.15) is 60.0 Å². The highest BCUT2D eigenvalue weighted by Gasteiger charge is 2.52. The number of benzene rings is 3. The monoisotopic (exact) mass is 408 g/mol. The van der Waals surface area contributed by atoms with E-state index in [1.54, 1.807) is 12.1 Å². The van der Waals surface area contributed by atoms with Gasteiger partial charge >= 0.3 is 5.97 Å². The summed E-state index contributed by atoms with van der Waals surface area (Å²) in [6, 6.07) is 18.6. The first-order chi connectivity index (χ1) is 15.0. The second-order valence-electron chi connectivity index (χ2n) is 10.3. The molecule has 4 saturated carbocycles. The average Bonchev–Trinajstić information content (AvgIpc) is 2.77. The van der Waals surface area contributed by atoms with Crippen LogP contribution in [0.5, 0.6) is 0 Å². The molecule has 156 valence electrons. The van der Waals surface area contributed by atoms with Crippen LogP contribution in [0, 0.1) is 17.8 Å². The fraction of sp³-hybridized carbons (Fsp3) is 0.345. The van der Waals surface area contributed by atoms with Crippen LogP contribution in [0.25, 0.3) is 28.0 Å². The molecule has 0 atom stereocenters. The Balaban J connectivity index is 1.44. The number of hydrogen-bond acceptors (Lipinski definition) is 1. The Morgan fingerprint density at radius 2 is 1.42 bits per heavy atom. The topological polar surface area (TPSA) is 37.3 Å². The standard InChI is InChI=1S/C29H28O2/c1-2-21-3-4-25(23-5-6-24-13-26(28(30)31)8-7-22(24)12-23)14-27(21)29-15-18-9-19(16-29)11-20(10-18)17-29/h2-8,12-14,18-20H,1,9-11,15-17H2,(H,30,31). The minimum atomic E-state index is -0.883. The molecule has 0 unspecified atom stereocenters. The number of carbonyl (C=O) groups is 1. The number of carboxylic acids is 1. The minimum Gasteiger partial charge on any atom is -0.478 e. The first-order valence-electron chi connectivity index (χ1n) is 11.6. The van der Waals surface area contributed by atoms with Crippen molar-refractivity contribution >= 4 is 22.8 Å². The lowest BCUT2D eigenvalue weighted by atomic mass is 9.47. The van der Waals surface area contributed by atoms with E-state index < -0.39 is 5.97 Å². The summed E-state index contributed by atoms with van der Waals surface area (Å²) in [6.45, 7) is 4.14. The van der Waals surface area contributed by atoms with Crippen molar-refractivity contribution < 1.29 is 9.90 Å². The van der Waals surface area contributed by atoms with Gasteiger partial charge in [0.1, 0.15) is 0 Å². The molecule has 1 N–H and O–H groups in total. The molecule has 2 heteroatoms. The number of fused-ring (bicyclic) bond motifs is 1. The van der Waals surface area contributed by atoms with Crippen LogP contribution < -0.4 is 0 Å². The Kier molecular flexibility index (Phi) is 4.15. The van der Waals surface area contributed by atoms with E-state index in [1.165, 1.54) is 60.8 Å². The lowest BCUT2D eigenvalue weighted by Crippen LogP contribution is -2.48. The molecule has 4 aliphatic rings. The molecule has 0 aliphatic heterocycles. The number of carboxylic acid groups (broad SMARTS) is 1. The van der Waals surface area contributed by atoms with Gasteiger partial charge in [-0.2, -0.15) is 0 Å². The number of hydrogen-bond donors (Lipinski definition) is 1. The molecule has 7 rings (SSSR count). The molecule has 3 aromatic rings. The lowest BCUT2D eigenvalue weighted by molar-refractivity contribution is -0.00525. The lowest BCUT2D eigenvalue weighted by Gasteiger charge is -2.57. The molecule has 0 radical (unpaired) electrons. The molecular weight excluding hydrogens is 380 g/mol. The zero-order valence-corrected chi connectivity index (χ0v) is 17.8. The van der Waals surface area contributed by atoms with Gasteiger partial charge in [-0.05, 0) is 119 Å². The summed E-state index contributed by atoms with van der Waals surface area (Å²) in [5, 5.41) is 11.3. The van der Waals surface area contributed by atoms with Gasteiger partial charge in [0.25, 0.3) is 0 Å². The van der Waals surface area contributed by atoms with Crippen molar-refractivity contribution in [2.24, 2.45) is 17.8 Å². The van der Waals surface area contributed by atoms with Crippen LogP contribution in [0.2, 0.25) is 0 Å². The minimum absolute atomic E-state index is 0.333. The van der Waals surface area contributed by atoms with Crippen molar-refractivity contribution in [3.63, 3.8) is 0 Å². The van der Waals surface area contributed by atoms with Gasteiger partial charge in [-0.25, -0.2) is 4.79 Å². The van der Waals surface area contributed by atoms with E-state index in [2.05, 4.69) is 36.9 Å². The normalized spacial score (nSPS) is 28.7. The maximum atomic E-state index is 11.3. The Morgan fingerprint density at radius 1 is 0.839 bits per heavy atom. The zero-order valence-electron chi connectivity index (χ0n) is 17.8. The predicted octanol–water partition coefficient (Wildman–Crippen LogP) is 7.32. The van der Waals surface area contributed by atoms with E-state index in [1.807, 2.05) is 18.2 Å². The van der Waals surface area contributed by atoms with Gasteiger partial charge in [-0.3, -0.25) is 0 Å². The second kappa shape index (κ2) is 6.82. The summed E-state index contributed by atoms with van der Waals surface area (Å²) >= 11 is 0. The SMILES string of the molecule is C=Cc1ccc(-c2ccc3cc(C(=O)O)ccc3c2)cc1C12CC3CC(CC(C3)C1)C2. The van der Waals surface area contributed by atoms with Crippen molar-refractivity contribution in [2.75, 3.05) is 0 Å². The van der Waals surface area contributed by atoms with E-state index >= 15 is 0 Å². The molecular formula is C29H28O2. The number of aromatic carboxylic acids is 1. The van der Waals surface area contributed by atoms with Gasteiger partial charge in [0.05, 0.1) is 5.56 Å². The van der Waals surface area contributed by atoms with E-state index in [0.717, 1.165) is 28.5 Å². The highest BCUT2D eigenvalue weighted by Crippen LogP contribution is 2.61. The van der Waals surface area contributed by atoms with Crippen molar-refractivity contribution in [1.82, 2.24) is 0 Å². The molecule has 0 aromatic heterocycles. The molecule has 0 spiro atoms. The molecule has 2 nitrogen and oxygen atoms in total. The maximum absolute atomic E-state index is 11.3. The first kappa shape index (κ1) is 18.9. The Bertz CT molecular complexity index is 1180. The Morgan fingerprint density at radius 3 is 2.06 bits per heavy atom. The molecule has 31 heavy (non-hydrogen) atoms. The maximum Gasteiger partial charge on any atom is 0.335 e. The van der Waals surface area contributed by atoms with Crippen LogP contribution in [0.15, 0.2) is 61.2 Å². The number of rotatable bonds is 4. The summed E-state index contributed by atoms with van der Waals surface area (Å²) in [7, 11) is 0. The molecule has 4 bridgehead atoms. The first-order valence-corrected chi connectivity index (χ1v) is 11.6. The quantitative estimate of drug-likeness (QED) is 0.491. The average molecular weight is 409 g/mol. The van der Waals surface area contributed by atoms with Crippen LogP contribution in [-0.4, -0.2) is 11.1 Å². The van der Waals surface area contributed by atoms with Crippen molar-refractivity contribution in [2.45, 2.75) is 43.9 Å². The highest BCUT2D eigenvalue weighted by molar-refractivity contribution is 5.95. The van der Waals surface area contributed by atoms with Crippen LogP contribution in [0.4, 0.5) is 0 Å². The fourth-order valence-corrected chi connectivity index (χ4v) is 7.37. The zero-order chi connectivity index (χ0) is 21.2. The molecule has 0 saturated heterocycles. The molecule has 0 amide bonds. The van der Waals surface area contributed by atoms with Gasteiger partial charge in [0.15, 0.2) is 0 Å². The summed E-state index contributed by atoms with van der Waals surface area (Å²) in [5.41, 5.74) is 5.93. The smallest absolute Gasteiger partial charge is 0.335 e. The van der Waals surface area contributed by atoms with Gasteiger partial charge in [-0.1, -0.05) is 43.0 Å². The molecule has 0 heterocycles. The van der Waals surface area contributed by atoms with Crippen molar-refractivity contribution in [3.05, 3.63) is 77.9 Å². The summed E-state index contributed by atoms with van der Waals surface area (Å²) in [6.07, 6.45) is 10.4. The molecule has 4 aliphatic carbocycles. The van der Waals surface area contributed by atoms with E-state index in [-0.39, 0.29) is 0 Å². The third kappa shape index (κ3) is 3.04. The Labute approximate surface area is 183 Å². The summed E-state index contributed by atoms with van der Waals surface area (Å²) in [5.74, 6) is 1.86. The summed E-state index contributed by atoms with van der Waals surface area (Å²) < 4.78 is 0. The largest absolute Gasteiger partial charge is 0.478 e. The second-order valence-corrected chi connectivity index (χ2v) is 10.3. The van der Waals surface area contributed by atoms with Crippen LogP contribution in [-0.2, 0) is 5.41 Å². The van der Waals surface area contributed by atoms with Crippen molar-refractivity contribution in [1.29, 1.82) is 0 Å². The fourth-order valence-electron chi connectivity index (χ4n) is 7.37. The van der Waals surface area contributed by atoms with Crippen LogP contribution in [0.3, 0.4) is 0 Å². The third-order valence-electron chi connectivity index (χ3n) is 8.30. The highest BCUT2D eigenvalue weighted by atomic mass is 16.4. The van der Waals surface area contributed by atoms with Gasteiger partial charge in [0.2, 0.25) is 0 Å². The van der Waals surface area contributed by atoms with Gasteiger partial charge < -0.3 is 5.11 Å². The van der Waals surface area contributed by atoms with Crippen LogP contribution >= 0.6 is 0 Å². The summed E-state index contributed by atoms with van der Waals surface area (Å²) in [4.78, 5) is 11.3. The van der Waals surface area contributed by atoms with Crippen molar-refractivity contribution in [3.8, 4) is 11.1 Å². The van der Waals surface area contributed by atoms with Gasteiger partial charge in [0, 0.05) is 0 Å². The van der Waals surface area contributed by atoms with E-state index in [9.17, 15) is 9.90 Å². The third-order valence-corrected chi connectivity index (χ3v) is 8.30.